The molecule has 0 amide bonds. The van der Waals surface area contributed by atoms with Gasteiger partial charge in [0.2, 0.25) is 0 Å². The van der Waals surface area contributed by atoms with Crippen molar-refractivity contribution in [3.05, 3.63) is 48.4 Å². The lowest BCUT2D eigenvalue weighted by Gasteiger charge is -2.11. The lowest BCUT2D eigenvalue weighted by atomic mass is 10.2. The smallest absolute Gasteiger partial charge is 0.191 e. The summed E-state index contributed by atoms with van der Waals surface area (Å²) in [5.41, 5.74) is 0.921. The number of hydrogen-bond acceptors (Lipinski definition) is 6. The second kappa shape index (κ2) is 7.55. The molecule has 3 rings (SSSR count). The van der Waals surface area contributed by atoms with E-state index in [-0.39, 0.29) is 6.61 Å². The molecule has 3 aromatic rings. The average molecular weight is 345 g/mol. The van der Waals surface area contributed by atoms with Gasteiger partial charge in [-0.2, -0.15) is 0 Å². The van der Waals surface area contributed by atoms with Gasteiger partial charge in [-0.15, -0.1) is 10.2 Å². The predicted octanol–water partition coefficient (Wildman–Crippen LogP) is 2.92. The van der Waals surface area contributed by atoms with Crippen molar-refractivity contribution in [3.8, 4) is 17.1 Å². The first kappa shape index (κ1) is 16.6. The third-order valence-corrected chi connectivity index (χ3v) is 4.69. The number of aryl methyl sites for hydroxylation is 1. The van der Waals surface area contributed by atoms with Gasteiger partial charge in [-0.25, -0.2) is 0 Å². The van der Waals surface area contributed by atoms with Crippen molar-refractivity contribution in [2.45, 2.75) is 18.2 Å². The fraction of sp³-hybridized carbons (Fsp3) is 0.294. The molecular formula is C17H19N3O3S. The number of aliphatic hydroxyl groups is 1. The van der Waals surface area contributed by atoms with Gasteiger partial charge in [-0.1, -0.05) is 30.0 Å². The third kappa shape index (κ3) is 3.80. The Morgan fingerprint density at radius 1 is 1.25 bits per heavy atom. The lowest BCUT2D eigenvalue weighted by Crippen LogP contribution is -2.20. The summed E-state index contributed by atoms with van der Waals surface area (Å²) in [6, 6.07) is 11.3. The Hall–Kier alpha value is -2.25. The maximum atomic E-state index is 10.1. The van der Waals surface area contributed by atoms with Crippen molar-refractivity contribution in [2.24, 2.45) is 7.05 Å². The van der Waals surface area contributed by atoms with E-state index in [1.165, 1.54) is 11.8 Å². The van der Waals surface area contributed by atoms with Crippen LogP contribution in [0.2, 0.25) is 0 Å². The molecule has 1 aromatic carbocycles. The van der Waals surface area contributed by atoms with Crippen LogP contribution in [0, 0.1) is 6.92 Å². The number of aromatic nitrogens is 3. The molecule has 7 heteroatoms. The van der Waals surface area contributed by atoms with Gasteiger partial charge in [0.05, 0.1) is 17.9 Å². The number of rotatable bonds is 7. The summed E-state index contributed by atoms with van der Waals surface area (Å²) in [4.78, 5) is 0. The molecule has 0 radical (unpaired) electrons. The maximum Gasteiger partial charge on any atom is 0.191 e. The van der Waals surface area contributed by atoms with E-state index in [2.05, 4.69) is 10.2 Å². The number of para-hydroxylation sites is 1. The van der Waals surface area contributed by atoms with Crippen molar-refractivity contribution in [3.63, 3.8) is 0 Å². The minimum atomic E-state index is -0.592. The fourth-order valence-corrected chi connectivity index (χ4v) is 3.04. The highest BCUT2D eigenvalue weighted by molar-refractivity contribution is 7.99. The molecule has 1 atom stereocenters. The van der Waals surface area contributed by atoms with Crippen LogP contribution in [0.1, 0.15) is 5.76 Å². The Balaban J connectivity index is 1.55. The second-order valence-electron chi connectivity index (χ2n) is 5.34. The van der Waals surface area contributed by atoms with Crippen LogP contribution in [0.15, 0.2) is 52.2 Å². The highest BCUT2D eigenvalue weighted by Crippen LogP contribution is 2.26. The molecule has 2 heterocycles. The van der Waals surface area contributed by atoms with Crippen molar-refractivity contribution in [1.82, 2.24) is 14.8 Å². The Labute approximate surface area is 144 Å². The average Bonchev–Trinajstić information content (AvgIpc) is 3.17. The van der Waals surface area contributed by atoms with E-state index < -0.39 is 6.10 Å². The molecule has 0 fully saturated rings. The Morgan fingerprint density at radius 3 is 2.75 bits per heavy atom. The summed E-state index contributed by atoms with van der Waals surface area (Å²) in [6.45, 7) is 2.13. The molecule has 126 valence electrons. The first-order chi connectivity index (χ1) is 11.6. The second-order valence-corrected chi connectivity index (χ2v) is 6.33. The molecule has 0 saturated heterocycles. The Bertz CT molecular complexity index is 785. The zero-order chi connectivity index (χ0) is 16.9. The number of thioether (sulfide) groups is 1. The minimum absolute atomic E-state index is 0.239. The Morgan fingerprint density at radius 2 is 2.04 bits per heavy atom. The summed E-state index contributed by atoms with van der Waals surface area (Å²) in [5.74, 6) is 2.78. The minimum Gasteiger partial charge on any atom is -0.491 e. The van der Waals surface area contributed by atoms with Gasteiger partial charge in [0.15, 0.2) is 11.0 Å². The monoisotopic (exact) mass is 345 g/mol. The lowest BCUT2D eigenvalue weighted by molar-refractivity contribution is 0.126. The molecule has 0 bridgehead atoms. The molecular weight excluding hydrogens is 326 g/mol. The van der Waals surface area contributed by atoms with E-state index in [0.29, 0.717) is 5.75 Å². The summed E-state index contributed by atoms with van der Waals surface area (Å²) in [6.07, 6.45) is 1.04. The van der Waals surface area contributed by atoms with Crippen LogP contribution in [-0.4, -0.2) is 38.3 Å². The fourth-order valence-electron chi connectivity index (χ4n) is 2.22. The summed E-state index contributed by atoms with van der Waals surface area (Å²) < 4.78 is 12.8. The molecule has 0 spiro atoms. The van der Waals surface area contributed by atoms with Crippen molar-refractivity contribution < 1.29 is 14.3 Å². The molecule has 24 heavy (non-hydrogen) atoms. The van der Waals surface area contributed by atoms with E-state index in [4.69, 9.17) is 9.15 Å². The van der Waals surface area contributed by atoms with Gasteiger partial charge in [0.25, 0.3) is 0 Å². The van der Waals surface area contributed by atoms with Crippen LogP contribution in [0.4, 0.5) is 0 Å². The van der Waals surface area contributed by atoms with E-state index in [0.717, 1.165) is 28.1 Å². The highest BCUT2D eigenvalue weighted by Gasteiger charge is 2.16. The predicted molar refractivity (Wildman–Crippen MR) is 92.1 cm³/mol. The van der Waals surface area contributed by atoms with E-state index >= 15 is 0 Å². The van der Waals surface area contributed by atoms with Crippen molar-refractivity contribution >= 4 is 11.8 Å². The first-order valence-electron chi connectivity index (χ1n) is 7.57. The SMILES string of the molecule is Cc1occc1-c1nnc(SC[C@@H](O)COc2ccccc2)n1C. The molecule has 0 saturated carbocycles. The Kier molecular flexibility index (Phi) is 5.22. The van der Waals surface area contributed by atoms with Crippen molar-refractivity contribution in [1.29, 1.82) is 0 Å². The largest absolute Gasteiger partial charge is 0.491 e. The van der Waals surface area contributed by atoms with E-state index in [1.807, 2.05) is 54.9 Å². The third-order valence-electron chi connectivity index (χ3n) is 3.53. The molecule has 0 aliphatic heterocycles. The topological polar surface area (TPSA) is 73.3 Å². The van der Waals surface area contributed by atoms with Crippen molar-refractivity contribution in [2.75, 3.05) is 12.4 Å². The molecule has 0 aliphatic rings. The standard InChI is InChI=1S/C17H19N3O3S/c1-12-15(8-9-22-12)16-18-19-17(20(16)2)24-11-13(21)10-23-14-6-4-3-5-7-14/h3-9,13,21H,10-11H2,1-2H3/t13-/m0/s1. The normalized spacial score (nSPS) is 12.3. The number of benzene rings is 1. The molecule has 1 N–H and O–H groups in total. The quantitative estimate of drug-likeness (QED) is 0.664. The van der Waals surface area contributed by atoms with Gasteiger partial charge in [0, 0.05) is 12.8 Å². The van der Waals surface area contributed by atoms with Crippen LogP contribution in [0.5, 0.6) is 5.75 Å². The summed E-state index contributed by atoms with van der Waals surface area (Å²) in [5, 5.41) is 19.2. The first-order valence-corrected chi connectivity index (χ1v) is 8.56. The number of hydrogen-bond donors (Lipinski definition) is 1. The highest BCUT2D eigenvalue weighted by atomic mass is 32.2. The summed E-state index contributed by atoms with van der Waals surface area (Å²) in [7, 11) is 1.90. The van der Waals surface area contributed by atoms with E-state index in [9.17, 15) is 5.11 Å². The number of nitrogens with zero attached hydrogens (tertiary/aromatic N) is 3. The van der Waals surface area contributed by atoms with Gasteiger partial charge in [-0.05, 0) is 25.1 Å². The van der Waals surface area contributed by atoms with Crippen LogP contribution in [-0.2, 0) is 7.05 Å². The molecule has 2 aromatic heterocycles. The molecule has 0 unspecified atom stereocenters. The van der Waals surface area contributed by atoms with Crippen LogP contribution < -0.4 is 4.74 Å². The number of ether oxygens (including phenoxy) is 1. The van der Waals surface area contributed by atoms with Gasteiger partial charge < -0.3 is 18.8 Å². The number of furan rings is 1. The zero-order valence-corrected chi connectivity index (χ0v) is 14.4. The summed E-state index contributed by atoms with van der Waals surface area (Å²) >= 11 is 1.44. The van der Waals surface area contributed by atoms with E-state index in [1.54, 1.807) is 6.26 Å². The molecule has 6 nitrogen and oxygen atoms in total. The van der Waals surface area contributed by atoms with Crippen LogP contribution in [0.3, 0.4) is 0 Å². The molecule has 0 aliphatic carbocycles. The number of aliphatic hydroxyl groups excluding tert-OH is 1. The van der Waals surface area contributed by atoms with Crippen LogP contribution in [0.25, 0.3) is 11.4 Å². The van der Waals surface area contributed by atoms with Gasteiger partial charge >= 0.3 is 0 Å². The van der Waals surface area contributed by atoms with Gasteiger partial charge in [0.1, 0.15) is 18.1 Å². The van der Waals surface area contributed by atoms with Crippen LogP contribution >= 0.6 is 11.8 Å². The zero-order valence-electron chi connectivity index (χ0n) is 13.5. The maximum absolute atomic E-state index is 10.1. The van der Waals surface area contributed by atoms with Gasteiger partial charge in [-0.3, -0.25) is 0 Å².